The van der Waals surface area contributed by atoms with Crippen molar-refractivity contribution in [3.63, 3.8) is 0 Å². The lowest BCUT2D eigenvalue weighted by molar-refractivity contribution is -0.149. The van der Waals surface area contributed by atoms with Gasteiger partial charge >= 0.3 is 5.97 Å². The number of carboxylic acids is 1. The summed E-state index contributed by atoms with van der Waals surface area (Å²) in [6, 6.07) is 0. The molecule has 4 heteroatoms. The smallest absolute Gasteiger partial charge is 0.356 e. The van der Waals surface area contributed by atoms with Crippen LogP contribution in [0.25, 0.3) is 0 Å². The Morgan fingerprint density at radius 3 is 2.14 bits per heavy atom. The van der Waals surface area contributed by atoms with Gasteiger partial charge in [0.1, 0.15) is 0 Å². The summed E-state index contributed by atoms with van der Waals surface area (Å²) in [4.78, 5) is 9.52. The van der Waals surface area contributed by atoms with Crippen molar-refractivity contribution in [2.75, 3.05) is 0 Å². The highest BCUT2D eigenvalue weighted by atomic mass is 19.1. The van der Waals surface area contributed by atoms with Crippen molar-refractivity contribution in [2.24, 2.45) is 5.73 Å². The van der Waals surface area contributed by atoms with Gasteiger partial charge in [0, 0.05) is 0 Å². The molecule has 0 aromatic heterocycles. The van der Waals surface area contributed by atoms with E-state index < -0.39 is 11.8 Å². The zero-order chi connectivity index (χ0) is 6.08. The molecule has 1 unspecified atom stereocenters. The van der Waals surface area contributed by atoms with Gasteiger partial charge in [0.15, 0.2) is 0 Å². The summed E-state index contributed by atoms with van der Waals surface area (Å²) < 4.78 is 11.7. The van der Waals surface area contributed by atoms with E-state index in [1.807, 2.05) is 0 Å². The van der Waals surface area contributed by atoms with Crippen LogP contribution in [0.5, 0.6) is 0 Å². The SMILES string of the molecule is CC(N)(F)C(=O)O. The zero-order valence-corrected chi connectivity index (χ0v) is 3.81. The van der Waals surface area contributed by atoms with Crippen molar-refractivity contribution in [1.29, 1.82) is 0 Å². The van der Waals surface area contributed by atoms with Gasteiger partial charge in [-0.15, -0.1) is 0 Å². The van der Waals surface area contributed by atoms with Crippen LogP contribution in [0.4, 0.5) is 4.39 Å². The molecule has 0 aliphatic carbocycles. The average molecular weight is 107 g/mol. The number of hydrogen-bond donors (Lipinski definition) is 2. The minimum absolute atomic E-state index is 0.773. The summed E-state index contributed by atoms with van der Waals surface area (Å²) in [5.74, 6) is -4.23. The molecule has 0 amide bonds. The molecule has 0 aliphatic heterocycles. The lowest BCUT2D eigenvalue weighted by Gasteiger charge is -2.04. The highest BCUT2D eigenvalue weighted by Gasteiger charge is 2.25. The van der Waals surface area contributed by atoms with Gasteiger partial charge < -0.3 is 5.11 Å². The molecule has 0 saturated carbocycles. The van der Waals surface area contributed by atoms with E-state index in [-0.39, 0.29) is 0 Å². The molecule has 0 aromatic carbocycles. The second-order valence-electron chi connectivity index (χ2n) is 1.38. The molecule has 0 spiro atoms. The zero-order valence-electron chi connectivity index (χ0n) is 3.81. The first-order valence-electron chi connectivity index (χ1n) is 1.66. The number of hydrogen-bond acceptors (Lipinski definition) is 2. The van der Waals surface area contributed by atoms with E-state index in [9.17, 15) is 9.18 Å². The number of rotatable bonds is 1. The predicted molar refractivity (Wildman–Crippen MR) is 21.3 cm³/mol. The van der Waals surface area contributed by atoms with Gasteiger partial charge in [-0.3, -0.25) is 5.73 Å². The maximum Gasteiger partial charge on any atom is 0.356 e. The molecule has 3 N–H and O–H groups in total. The Hall–Kier alpha value is -0.640. The number of carbonyl (C=O) groups is 1. The van der Waals surface area contributed by atoms with Gasteiger partial charge in [-0.2, -0.15) is 0 Å². The highest BCUT2D eigenvalue weighted by Crippen LogP contribution is 1.97. The summed E-state index contributed by atoms with van der Waals surface area (Å²) in [7, 11) is 0. The van der Waals surface area contributed by atoms with Gasteiger partial charge in [0.2, 0.25) is 0 Å². The minimum atomic E-state index is -2.58. The molecule has 7 heavy (non-hydrogen) atoms. The van der Waals surface area contributed by atoms with E-state index in [4.69, 9.17) is 5.11 Å². The normalized spacial score (nSPS) is 18.1. The molecule has 42 valence electrons. The third-order valence-electron chi connectivity index (χ3n) is 0.418. The molecule has 1 atom stereocenters. The Morgan fingerprint density at radius 2 is 2.14 bits per heavy atom. The Labute approximate surface area is 39.9 Å². The number of halogens is 1. The van der Waals surface area contributed by atoms with Crippen LogP contribution in [0.15, 0.2) is 0 Å². The number of nitrogens with two attached hydrogens (primary N) is 1. The van der Waals surface area contributed by atoms with E-state index in [1.165, 1.54) is 0 Å². The van der Waals surface area contributed by atoms with Crippen LogP contribution in [0.2, 0.25) is 0 Å². The van der Waals surface area contributed by atoms with E-state index in [1.54, 1.807) is 0 Å². The largest absolute Gasteiger partial charge is 0.478 e. The van der Waals surface area contributed by atoms with E-state index >= 15 is 0 Å². The van der Waals surface area contributed by atoms with Gasteiger partial charge in [0.05, 0.1) is 0 Å². The molecular formula is C3H6FNO2. The summed E-state index contributed by atoms with van der Waals surface area (Å²) >= 11 is 0. The fraction of sp³-hybridized carbons (Fsp3) is 0.667. The summed E-state index contributed by atoms with van der Waals surface area (Å²) in [6.45, 7) is 0.773. The first-order chi connectivity index (χ1) is 2.94. The standard InChI is InChI=1S/C3H6FNO2/c1-3(4,5)2(6)7/h5H2,1H3,(H,6,7). The molecule has 0 fully saturated rings. The van der Waals surface area contributed by atoms with Crippen molar-refractivity contribution in [3.8, 4) is 0 Å². The molecule has 0 bridgehead atoms. The van der Waals surface area contributed by atoms with Crippen LogP contribution >= 0.6 is 0 Å². The Morgan fingerprint density at radius 1 is 2.00 bits per heavy atom. The fourth-order valence-corrected chi connectivity index (χ4v) is 0. The highest BCUT2D eigenvalue weighted by molar-refractivity contribution is 5.75. The lowest BCUT2D eigenvalue weighted by Crippen LogP contribution is -2.39. The van der Waals surface area contributed by atoms with Crippen LogP contribution in [0, 0.1) is 0 Å². The quantitative estimate of drug-likeness (QED) is 0.453. The Kier molecular flexibility index (Phi) is 1.32. The molecule has 3 nitrogen and oxygen atoms in total. The van der Waals surface area contributed by atoms with Gasteiger partial charge in [0.25, 0.3) is 5.79 Å². The first-order valence-corrected chi connectivity index (χ1v) is 1.66. The van der Waals surface area contributed by atoms with Gasteiger partial charge in [-0.1, -0.05) is 0 Å². The molecule has 0 aromatic rings. The maximum absolute atomic E-state index is 11.7. The average Bonchev–Trinajstić information content (AvgIpc) is 1.31. The third-order valence-corrected chi connectivity index (χ3v) is 0.418. The third kappa shape index (κ3) is 2.11. The van der Waals surface area contributed by atoms with Gasteiger partial charge in [-0.25, -0.2) is 9.18 Å². The van der Waals surface area contributed by atoms with Crippen molar-refractivity contribution < 1.29 is 14.3 Å². The van der Waals surface area contributed by atoms with Crippen molar-refractivity contribution in [1.82, 2.24) is 0 Å². The molecular weight excluding hydrogens is 101 g/mol. The molecule has 0 heterocycles. The van der Waals surface area contributed by atoms with Crippen molar-refractivity contribution in [3.05, 3.63) is 0 Å². The van der Waals surface area contributed by atoms with Crippen LogP contribution in [0.3, 0.4) is 0 Å². The van der Waals surface area contributed by atoms with Crippen molar-refractivity contribution in [2.45, 2.75) is 12.7 Å². The minimum Gasteiger partial charge on any atom is -0.478 e. The first kappa shape index (κ1) is 6.36. The predicted octanol–water partition coefficient (Wildman–Crippen LogP) is -0.285. The van der Waals surface area contributed by atoms with Crippen LogP contribution < -0.4 is 5.73 Å². The second-order valence-corrected chi connectivity index (χ2v) is 1.38. The molecule has 0 rings (SSSR count). The Bertz CT molecular complexity index is 85.4. The summed E-state index contributed by atoms with van der Waals surface area (Å²) in [6.07, 6.45) is 0. The number of alkyl halides is 1. The number of aliphatic carboxylic acids is 1. The van der Waals surface area contributed by atoms with Crippen LogP contribution in [0.1, 0.15) is 6.92 Å². The van der Waals surface area contributed by atoms with E-state index in [2.05, 4.69) is 5.73 Å². The summed E-state index contributed by atoms with van der Waals surface area (Å²) in [5.41, 5.74) is 4.41. The second kappa shape index (κ2) is 1.46. The maximum atomic E-state index is 11.7. The van der Waals surface area contributed by atoms with E-state index in [0.717, 1.165) is 6.92 Å². The van der Waals surface area contributed by atoms with Crippen LogP contribution in [-0.2, 0) is 4.79 Å². The molecule has 0 aliphatic rings. The Balaban J connectivity index is 3.79. The summed E-state index contributed by atoms with van der Waals surface area (Å²) in [5, 5.41) is 7.75. The van der Waals surface area contributed by atoms with Gasteiger partial charge in [-0.05, 0) is 6.92 Å². The number of carboxylic acid groups (broad SMARTS) is 1. The monoisotopic (exact) mass is 107 g/mol. The topological polar surface area (TPSA) is 63.3 Å². The van der Waals surface area contributed by atoms with Crippen molar-refractivity contribution >= 4 is 5.97 Å². The van der Waals surface area contributed by atoms with E-state index in [0.29, 0.717) is 0 Å². The molecule has 0 radical (unpaired) electrons. The lowest BCUT2D eigenvalue weighted by atomic mass is 10.3. The molecule has 0 saturated heterocycles. The van der Waals surface area contributed by atoms with Crippen LogP contribution in [-0.4, -0.2) is 16.9 Å². The fourth-order valence-electron chi connectivity index (χ4n) is 0.